The van der Waals surface area contributed by atoms with Crippen molar-refractivity contribution in [1.29, 1.82) is 0 Å². The summed E-state index contributed by atoms with van der Waals surface area (Å²) in [7, 11) is 4.84. The largest absolute Gasteiger partial charge is 0.496 e. The van der Waals surface area contributed by atoms with Crippen LogP contribution in [0.25, 0.3) is 0 Å². The van der Waals surface area contributed by atoms with Gasteiger partial charge in [0.05, 0.1) is 27.2 Å². The fourth-order valence-corrected chi connectivity index (χ4v) is 3.93. The average Bonchev–Trinajstić information content (AvgIpc) is 2.57. The number of ether oxygens (including phenoxy) is 2. The second-order valence-corrected chi connectivity index (χ2v) is 6.07. The van der Waals surface area contributed by atoms with Crippen LogP contribution in [0.2, 0.25) is 0 Å². The SMILES string of the molecule is COC(=O)C1CC2Cc3c(cccc3OC)CC2N(OC)C1. The number of rotatable bonds is 3. The standard InChI is InChI=1S/C17H23NO4/c1-20-16-6-4-5-11-9-15-12(8-14(11)16)7-13(17(19)21-2)10-18(15)22-3/h4-6,12-13,15H,7-10H2,1-3H3. The van der Waals surface area contributed by atoms with Gasteiger partial charge in [-0.2, -0.15) is 5.06 Å². The predicted molar refractivity (Wildman–Crippen MR) is 81.5 cm³/mol. The van der Waals surface area contributed by atoms with Crippen LogP contribution in [-0.4, -0.2) is 44.9 Å². The first-order chi connectivity index (χ1) is 10.7. The lowest BCUT2D eigenvalue weighted by atomic mass is 9.73. The highest BCUT2D eigenvalue weighted by Crippen LogP contribution is 2.40. The molecule has 3 unspecified atom stereocenters. The molecule has 0 aromatic heterocycles. The van der Waals surface area contributed by atoms with Crippen molar-refractivity contribution in [1.82, 2.24) is 5.06 Å². The van der Waals surface area contributed by atoms with Crippen molar-refractivity contribution < 1.29 is 19.1 Å². The number of piperidine rings is 1. The molecule has 1 aromatic rings. The van der Waals surface area contributed by atoms with Crippen molar-refractivity contribution in [2.45, 2.75) is 25.3 Å². The number of carbonyl (C=O) groups excluding carboxylic acids is 1. The molecular weight excluding hydrogens is 282 g/mol. The molecule has 0 spiro atoms. The second kappa shape index (κ2) is 6.26. The molecule has 3 rings (SSSR count). The van der Waals surface area contributed by atoms with Crippen LogP contribution in [0, 0.1) is 11.8 Å². The van der Waals surface area contributed by atoms with Crippen LogP contribution >= 0.6 is 0 Å². The van der Waals surface area contributed by atoms with Crippen LogP contribution in [-0.2, 0) is 27.2 Å². The lowest BCUT2D eigenvalue weighted by Crippen LogP contribution is -2.53. The van der Waals surface area contributed by atoms with Crippen LogP contribution in [0.15, 0.2) is 18.2 Å². The summed E-state index contributed by atoms with van der Waals surface area (Å²) in [6.45, 7) is 0.601. The Labute approximate surface area is 131 Å². The van der Waals surface area contributed by atoms with E-state index in [1.165, 1.54) is 18.2 Å². The minimum absolute atomic E-state index is 0.123. The van der Waals surface area contributed by atoms with E-state index in [2.05, 4.69) is 6.07 Å². The Balaban J connectivity index is 1.89. The summed E-state index contributed by atoms with van der Waals surface area (Å²) in [6, 6.07) is 6.52. The number of hydrogen-bond acceptors (Lipinski definition) is 5. The zero-order chi connectivity index (χ0) is 15.7. The van der Waals surface area contributed by atoms with Crippen molar-refractivity contribution in [3.63, 3.8) is 0 Å². The molecule has 0 saturated carbocycles. The highest BCUT2D eigenvalue weighted by Gasteiger charge is 2.42. The molecule has 22 heavy (non-hydrogen) atoms. The molecule has 1 aliphatic carbocycles. The Morgan fingerprint density at radius 1 is 1.23 bits per heavy atom. The summed E-state index contributed by atoms with van der Waals surface area (Å²) in [6.07, 6.45) is 2.69. The number of nitrogens with zero attached hydrogens (tertiary/aromatic N) is 1. The number of esters is 1. The Morgan fingerprint density at radius 3 is 2.73 bits per heavy atom. The molecule has 1 aromatic carbocycles. The number of methoxy groups -OCH3 is 2. The highest BCUT2D eigenvalue weighted by molar-refractivity contribution is 5.72. The van der Waals surface area contributed by atoms with Gasteiger partial charge in [0.15, 0.2) is 0 Å². The molecule has 1 heterocycles. The Bertz CT molecular complexity index is 560. The minimum atomic E-state index is -0.147. The maximum Gasteiger partial charge on any atom is 0.310 e. The molecule has 0 bridgehead atoms. The van der Waals surface area contributed by atoms with Gasteiger partial charge in [-0.25, -0.2) is 0 Å². The predicted octanol–water partition coefficient (Wildman–Crippen LogP) is 1.83. The quantitative estimate of drug-likeness (QED) is 0.798. The molecule has 1 saturated heterocycles. The van der Waals surface area contributed by atoms with E-state index >= 15 is 0 Å². The zero-order valence-electron chi connectivity index (χ0n) is 13.4. The lowest BCUT2D eigenvalue weighted by molar-refractivity contribution is -0.206. The first kappa shape index (κ1) is 15.3. The summed E-state index contributed by atoms with van der Waals surface area (Å²) in [4.78, 5) is 17.5. The molecule has 5 heteroatoms. The Morgan fingerprint density at radius 2 is 2.05 bits per heavy atom. The molecule has 2 aliphatic rings. The number of benzene rings is 1. The monoisotopic (exact) mass is 305 g/mol. The van der Waals surface area contributed by atoms with E-state index in [1.807, 2.05) is 17.2 Å². The maximum absolute atomic E-state index is 11.9. The van der Waals surface area contributed by atoms with E-state index in [-0.39, 0.29) is 11.9 Å². The van der Waals surface area contributed by atoms with Gasteiger partial charge in [-0.3, -0.25) is 4.79 Å². The van der Waals surface area contributed by atoms with Crippen molar-refractivity contribution in [2.24, 2.45) is 11.8 Å². The van der Waals surface area contributed by atoms with Crippen LogP contribution in [0.4, 0.5) is 0 Å². The van der Waals surface area contributed by atoms with Gasteiger partial charge < -0.3 is 14.3 Å². The molecule has 1 fully saturated rings. The third-order valence-corrected chi connectivity index (χ3v) is 5.02. The summed E-state index contributed by atoms with van der Waals surface area (Å²) in [5.41, 5.74) is 2.59. The molecule has 0 radical (unpaired) electrons. The highest BCUT2D eigenvalue weighted by atomic mass is 16.7. The van der Waals surface area contributed by atoms with Crippen LogP contribution in [0.1, 0.15) is 17.5 Å². The van der Waals surface area contributed by atoms with E-state index in [4.69, 9.17) is 14.3 Å². The first-order valence-corrected chi connectivity index (χ1v) is 7.71. The minimum Gasteiger partial charge on any atom is -0.496 e. The van der Waals surface area contributed by atoms with Gasteiger partial charge in [-0.1, -0.05) is 12.1 Å². The normalized spacial score (nSPS) is 27.7. The molecular formula is C17H23NO4. The van der Waals surface area contributed by atoms with Crippen molar-refractivity contribution in [3.8, 4) is 5.75 Å². The van der Waals surface area contributed by atoms with Gasteiger partial charge in [0.2, 0.25) is 0 Å². The number of hydroxylamine groups is 2. The molecule has 0 N–H and O–H groups in total. The topological polar surface area (TPSA) is 48.0 Å². The molecule has 0 amide bonds. The fourth-order valence-electron chi connectivity index (χ4n) is 3.93. The van der Waals surface area contributed by atoms with Gasteiger partial charge in [0.1, 0.15) is 5.75 Å². The number of fused-ring (bicyclic) bond motifs is 2. The van der Waals surface area contributed by atoms with E-state index < -0.39 is 0 Å². The second-order valence-electron chi connectivity index (χ2n) is 6.07. The number of carbonyl (C=O) groups is 1. The lowest BCUT2D eigenvalue weighted by Gasteiger charge is -2.45. The summed E-state index contributed by atoms with van der Waals surface area (Å²) in [5, 5.41) is 1.96. The zero-order valence-corrected chi connectivity index (χ0v) is 13.4. The smallest absolute Gasteiger partial charge is 0.310 e. The van der Waals surface area contributed by atoms with E-state index in [0.29, 0.717) is 18.5 Å². The maximum atomic E-state index is 11.9. The van der Waals surface area contributed by atoms with Gasteiger partial charge in [-0.05, 0) is 42.4 Å². The third kappa shape index (κ3) is 2.59. The van der Waals surface area contributed by atoms with Crippen molar-refractivity contribution in [3.05, 3.63) is 29.3 Å². The van der Waals surface area contributed by atoms with Crippen molar-refractivity contribution in [2.75, 3.05) is 27.9 Å². The molecule has 120 valence electrons. The van der Waals surface area contributed by atoms with Gasteiger partial charge in [0.25, 0.3) is 0 Å². The fraction of sp³-hybridized carbons (Fsp3) is 0.588. The summed E-state index contributed by atoms with van der Waals surface area (Å²) < 4.78 is 10.4. The van der Waals surface area contributed by atoms with Crippen LogP contribution in [0.3, 0.4) is 0 Å². The molecule has 1 aliphatic heterocycles. The summed E-state index contributed by atoms with van der Waals surface area (Å²) in [5.74, 6) is 1.05. The molecule has 3 atom stereocenters. The Kier molecular flexibility index (Phi) is 4.36. The summed E-state index contributed by atoms with van der Waals surface area (Å²) >= 11 is 0. The first-order valence-electron chi connectivity index (χ1n) is 7.71. The van der Waals surface area contributed by atoms with Crippen LogP contribution < -0.4 is 4.74 Å². The van der Waals surface area contributed by atoms with E-state index in [0.717, 1.165) is 25.0 Å². The Hall–Kier alpha value is -1.59. The van der Waals surface area contributed by atoms with Gasteiger partial charge in [-0.15, -0.1) is 0 Å². The van der Waals surface area contributed by atoms with Crippen molar-refractivity contribution >= 4 is 5.97 Å². The third-order valence-electron chi connectivity index (χ3n) is 5.02. The average molecular weight is 305 g/mol. The van der Waals surface area contributed by atoms with E-state index in [9.17, 15) is 4.79 Å². The van der Waals surface area contributed by atoms with E-state index in [1.54, 1.807) is 14.2 Å². The van der Waals surface area contributed by atoms with Gasteiger partial charge >= 0.3 is 5.97 Å². The number of hydrogen-bond donors (Lipinski definition) is 0. The molecule has 5 nitrogen and oxygen atoms in total. The van der Waals surface area contributed by atoms with Crippen LogP contribution in [0.5, 0.6) is 5.75 Å². The van der Waals surface area contributed by atoms with Gasteiger partial charge in [0, 0.05) is 12.6 Å².